The van der Waals surface area contributed by atoms with E-state index in [1.807, 2.05) is 0 Å². The van der Waals surface area contributed by atoms with Crippen molar-refractivity contribution in [1.82, 2.24) is 0 Å². The van der Waals surface area contributed by atoms with Crippen LogP contribution in [0, 0.1) is 5.41 Å². The summed E-state index contributed by atoms with van der Waals surface area (Å²) in [7, 11) is 0. The van der Waals surface area contributed by atoms with E-state index in [1.165, 1.54) is 24.3 Å². The molecule has 9 heteroatoms. The molecule has 1 amide bonds. The Morgan fingerprint density at radius 2 is 1.76 bits per heavy atom. The van der Waals surface area contributed by atoms with Crippen LogP contribution >= 0.6 is 46.6 Å². The molecule has 0 saturated heterocycles. The van der Waals surface area contributed by atoms with Crippen molar-refractivity contribution in [3.8, 4) is 0 Å². The van der Waals surface area contributed by atoms with E-state index >= 15 is 0 Å². The van der Waals surface area contributed by atoms with Gasteiger partial charge in [0.1, 0.15) is 0 Å². The molecule has 0 radical (unpaired) electrons. The van der Waals surface area contributed by atoms with Crippen molar-refractivity contribution in [2.45, 2.75) is 0 Å². The molecule has 2 rings (SSSR count). The zero-order valence-corrected chi connectivity index (χ0v) is 15.6. The molecule has 0 fully saturated rings. The molecule has 2 aromatic rings. The molecule has 0 aliphatic carbocycles. The Kier molecular flexibility index (Phi) is 6.72. The van der Waals surface area contributed by atoms with Crippen LogP contribution in [0.2, 0.25) is 15.1 Å². The number of carbonyl (C=O) groups excluding carboxylic acids is 1. The van der Waals surface area contributed by atoms with Gasteiger partial charge < -0.3 is 5.11 Å². The highest BCUT2D eigenvalue weighted by Crippen LogP contribution is 2.28. The third-order valence-electron chi connectivity index (χ3n) is 2.97. The van der Waals surface area contributed by atoms with Crippen LogP contribution in [0.15, 0.2) is 42.5 Å². The molecule has 0 aromatic heterocycles. The van der Waals surface area contributed by atoms with Crippen LogP contribution in [0.4, 0.5) is 5.69 Å². The maximum atomic E-state index is 12.9. The van der Waals surface area contributed by atoms with Gasteiger partial charge in [-0.3, -0.25) is 19.9 Å². The molecule has 0 aliphatic heterocycles. The summed E-state index contributed by atoms with van der Waals surface area (Å²) >= 11 is 18.6. The van der Waals surface area contributed by atoms with E-state index < -0.39 is 11.9 Å². The SMILES string of the molecule is N=C(SCC(=O)O)N(C(=O)c1ccc(Cl)cc1Cl)c1cccc(Cl)c1. The second kappa shape index (κ2) is 8.58. The molecule has 0 aliphatic rings. The third-order valence-corrected chi connectivity index (χ3v) is 4.60. The summed E-state index contributed by atoms with van der Waals surface area (Å²) in [4.78, 5) is 24.7. The van der Waals surface area contributed by atoms with Gasteiger partial charge in [-0.25, -0.2) is 0 Å². The second-order valence-electron chi connectivity index (χ2n) is 4.73. The number of amides is 1. The van der Waals surface area contributed by atoms with E-state index in [0.29, 0.717) is 27.5 Å². The first-order valence-electron chi connectivity index (χ1n) is 6.78. The predicted molar refractivity (Wildman–Crippen MR) is 103 cm³/mol. The average molecular weight is 418 g/mol. The zero-order valence-electron chi connectivity index (χ0n) is 12.5. The first kappa shape index (κ1) is 19.6. The van der Waals surface area contributed by atoms with Gasteiger partial charge in [-0.1, -0.05) is 52.6 Å². The molecular formula is C16H11Cl3N2O3S. The lowest BCUT2D eigenvalue weighted by Gasteiger charge is -2.23. The van der Waals surface area contributed by atoms with Crippen LogP contribution in [0.5, 0.6) is 0 Å². The van der Waals surface area contributed by atoms with Gasteiger partial charge in [0.2, 0.25) is 0 Å². The Balaban J connectivity index is 2.44. The number of nitrogens with one attached hydrogen (secondary N) is 1. The topological polar surface area (TPSA) is 81.5 Å². The summed E-state index contributed by atoms with van der Waals surface area (Å²) in [5, 5.41) is 17.5. The van der Waals surface area contributed by atoms with Gasteiger partial charge in [-0.05, 0) is 36.4 Å². The highest BCUT2D eigenvalue weighted by Gasteiger charge is 2.25. The van der Waals surface area contributed by atoms with Crippen molar-refractivity contribution >= 4 is 69.3 Å². The fourth-order valence-corrected chi connectivity index (χ4v) is 3.17. The monoisotopic (exact) mass is 416 g/mol. The average Bonchev–Trinajstić information content (AvgIpc) is 2.53. The molecule has 2 N–H and O–H groups in total. The molecule has 0 atom stereocenters. The Labute approximate surface area is 163 Å². The van der Waals surface area contributed by atoms with Gasteiger partial charge in [0, 0.05) is 10.0 Å². The number of carbonyl (C=O) groups is 2. The number of hydrogen-bond acceptors (Lipinski definition) is 4. The van der Waals surface area contributed by atoms with Gasteiger partial charge in [-0.15, -0.1) is 0 Å². The van der Waals surface area contributed by atoms with E-state index in [9.17, 15) is 9.59 Å². The summed E-state index contributed by atoms with van der Waals surface area (Å²) in [5.74, 6) is -2.05. The number of carboxylic acid groups (broad SMARTS) is 1. The number of rotatable bonds is 4. The molecule has 0 saturated carbocycles. The number of benzene rings is 2. The molecule has 25 heavy (non-hydrogen) atoms. The highest BCUT2D eigenvalue weighted by atomic mass is 35.5. The lowest BCUT2D eigenvalue weighted by Crippen LogP contribution is -2.35. The van der Waals surface area contributed by atoms with Crippen LogP contribution in [-0.4, -0.2) is 27.9 Å². The Morgan fingerprint density at radius 3 is 2.36 bits per heavy atom. The van der Waals surface area contributed by atoms with Gasteiger partial charge in [0.15, 0.2) is 5.17 Å². The van der Waals surface area contributed by atoms with Crippen molar-refractivity contribution in [2.75, 3.05) is 10.7 Å². The number of nitrogens with zero attached hydrogens (tertiary/aromatic N) is 1. The quantitative estimate of drug-likeness (QED) is 0.539. The summed E-state index contributed by atoms with van der Waals surface area (Å²) < 4.78 is 0. The predicted octanol–water partition coefficient (Wildman–Crippen LogP) is 5.05. The summed E-state index contributed by atoms with van der Waals surface area (Å²) in [6, 6.07) is 10.7. The Bertz CT molecular complexity index is 845. The first-order chi connectivity index (χ1) is 11.8. The molecule has 0 unspecified atom stereocenters. The number of amidine groups is 1. The first-order valence-corrected chi connectivity index (χ1v) is 8.89. The standard InChI is InChI=1S/C16H11Cl3N2O3S/c17-9-2-1-3-11(6-9)21(16(20)25-8-14(22)23)15(24)12-5-4-10(18)7-13(12)19/h1-7,20H,8H2,(H,22,23). The lowest BCUT2D eigenvalue weighted by molar-refractivity contribution is -0.133. The molecule has 0 bridgehead atoms. The number of carboxylic acids is 1. The van der Waals surface area contributed by atoms with E-state index in [2.05, 4.69) is 0 Å². The van der Waals surface area contributed by atoms with E-state index in [-0.39, 0.29) is 21.5 Å². The maximum Gasteiger partial charge on any atom is 0.313 e. The Hall–Kier alpha value is -1.73. The second-order valence-corrected chi connectivity index (χ2v) is 6.98. The lowest BCUT2D eigenvalue weighted by atomic mass is 10.2. The van der Waals surface area contributed by atoms with Crippen LogP contribution in [0.3, 0.4) is 0 Å². The van der Waals surface area contributed by atoms with Crippen molar-refractivity contribution in [1.29, 1.82) is 5.41 Å². The normalized spacial score (nSPS) is 10.4. The number of thioether (sulfide) groups is 1. The minimum Gasteiger partial charge on any atom is -0.481 e. The minimum absolute atomic E-state index is 0.126. The van der Waals surface area contributed by atoms with Crippen LogP contribution < -0.4 is 4.90 Å². The van der Waals surface area contributed by atoms with Gasteiger partial charge in [0.25, 0.3) is 5.91 Å². The van der Waals surface area contributed by atoms with Crippen LogP contribution in [-0.2, 0) is 4.79 Å². The van der Waals surface area contributed by atoms with Crippen LogP contribution in [0.1, 0.15) is 10.4 Å². The largest absolute Gasteiger partial charge is 0.481 e. The van der Waals surface area contributed by atoms with Crippen molar-refractivity contribution in [3.63, 3.8) is 0 Å². The smallest absolute Gasteiger partial charge is 0.313 e. The van der Waals surface area contributed by atoms with Crippen molar-refractivity contribution in [3.05, 3.63) is 63.1 Å². The maximum absolute atomic E-state index is 12.9. The van der Waals surface area contributed by atoms with Crippen molar-refractivity contribution < 1.29 is 14.7 Å². The number of hydrogen-bond donors (Lipinski definition) is 2. The van der Waals surface area contributed by atoms with E-state index in [4.69, 9.17) is 45.3 Å². The van der Waals surface area contributed by atoms with Gasteiger partial charge in [0.05, 0.1) is 22.0 Å². The summed E-state index contributed by atoms with van der Waals surface area (Å²) in [6.45, 7) is 0. The fraction of sp³-hybridized carbons (Fsp3) is 0.0625. The number of anilines is 1. The van der Waals surface area contributed by atoms with E-state index in [1.54, 1.807) is 18.2 Å². The number of halogens is 3. The molecule has 5 nitrogen and oxygen atoms in total. The van der Waals surface area contributed by atoms with Crippen LogP contribution in [0.25, 0.3) is 0 Å². The number of aliphatic carboxylic acids is 1. The van der Waals surface area contributed by atoms with E-state index in [0.717, 1.165) is 4.90 Å². The molecule has 0 heterocycles. The Morgan fingerprint density at radius 1 is 1.08 bits per heavy atom. The minimum atomic E-state index is -1.10. The third kappa shape index (κ3) is 5.12. The molecular weight excluding hydrogens is 407 g/mol. The van der Waals surface area contributed by atoms with Crippen molar-refractivity contribution in [2.24, 2.45) is 0 Å². The summed E-state index contributed by atoms with van der Waals surface area (Å²) in [6.07, 6.45) is 0. The van der Waals surface area contributed by atoms with Gasteiger partial charge in [-0.2, -0.15) is 0 Å². The zero-order chi connectivity index (χ0) is 18.6. The van der Waals surface area contributed by atoms with Gasteiger partial charge >= 0.3 is 5.97 Å². The molecule has 0 spiro atoms. The highest BCUT2D eigenvalue weighted by molar-refractivity contribution is 8.14. The molecule has 130 valence electrons. The molecule has 2 aromatic carbocycles. The fourth-order valence-electron chi connectivity index (χ4n) is 1.92. The summed E-state index contributed by atoms with van der Waals surface area (Å²) in [5.41, 5.74) is 0.457.